The first-order chi connectivity index (χ1) is 8.15. The van der Waals surface area contributed by atoms with Gasteiger partial charge in [-0.1, -0.05) is 6.92 Å². The van der Waals surface area contributed by atoms with Crippen molar-refractivity contribution in [1.29, 1.82) is 0 Å². The lowest BCUT2D eigenvalue weighted by Gasteiger charge is -2.16. The standard InChI is InChI=1S/C13H18BrNO2/c1-8(7-15)9-5-11(14)13(12(6-9)16-2)17-10-3-4-10/h5-6,8,10H,3-4,7,15H2,1-2H3. The van der Waals surface area contributed by atoms with Gasteiger partial charge in [-0.3, -0.25) is 0 Å². The van der Waals surface area contributed by atoms with Crippen LogP contribution in [0, 0.1) is 0 Å². The molecule has 1 saturated carbocycles. The molecule has 3 nitrogen and oxygen atoms in total. The number of halogens is 1. The molecule has 2 rings (SSSR count). The topological polar surface area (TPSA) is 44.5 Å². The second-order valence-corrected chi connectivity index (χ2v) is 5.34. The summed E-state index contributed by atoms with van der Waals surface area (Å²) in [6, 6.07) is 4.08. The Hall–Kier alpha value is -0.740. The zero-order chi connectivity index (χ0) is 12.4. The van der Waals surface area contributed by atoms with Gasteiger partial charge in [0.1, 0.15) is 0 Å². The lowest BCUT2D eigenvalue weighted by atomic mass is 10.0. The Labute approximate surface area is 110 Å². The minimum absolute atomic E-state index is 0.315. The van der Waals surface area contributed by atoms with Crippen molar-refractivity contribution in [2.45, 2.75) is 31.8 Å². The van der Waals surface area contributed by atoms with Crippen molar-refractivity contribution in [3.63, 3.8) is 0 Å². The van der Waals surface area contributed by atoms with Gasteiger partial charge >= 0.3 is 0 Å². The van der Waals surface area contributed by atoms with Crippen LogP contribution in [0.2, 0.25) is 0 Å². The van der Waals surface area contributed by atoms with Gasteiger partial charge in [0.15, 0.2) is 11.5 Å². The molecule has 2 N–H and O–H groups in total. The largest absolute Gasteiger partial charge is 0.493 e. The summed E-state index contributed by atoms with van der Waals surface area (Å²) in [6.07, 6.45) is 2.63. The SMILES string of the molecule is COc1cc(C(C)CN)cc(Br)c1OC1CC1. The first-order valence-electron chi connectivity index (χ1n) is 5.89. The van der Waals surface area contributed by atoms with E-state index in [0.29, 0.717) is 18.6 Å². The highest BCUT2D eigenvalue weighted by Gasteiger charge is 2.26. The summed E-state index contributed by atoms with van der Waals surface area (Å²) in [5.74, 6) is 1.90. The number of hydrogen-bond acceptors (Lipinski definition) is 3. The molecule has 0 spiro atoms. The third kappa shape index (κ3) is 2.93. The van der Waals surface area contributed by atoms with E-state index >= 15 is 0 Å². The van der Waals surface area contributed by atoms with Crippen LogP contribution >= 0.6 is 15.9 Å². The predicted octanol–water partition coefficient (Wildman–Crippen LogP) is 3.06. The molecule has 4 heteroatoms. The smallest absolute Gasteiger partial charge is 0.175 e. The van der Waals surface area contributed by atoms with E-state index in [-0.39, 0.29) is 0 Å². The Bertz CT molecular complexity index is 405. The molecule has 0 aliphatic heterocycles. The number of ether oxygens (including phenoxy) is 2. The minimum Gasteiger partial charge on any atom is -0.493 e. The van der Waals surface area contributed by atoms with Gasteiger partial charge in [-0.2, -0.15) is 0 Å². The van der Waals surface area contributed by atoms with Gasteiger partial charge in [0.05, 0.1) is 17.7 Å². The Balaban J connectivity index is 2.31. The van der Waals surface area contributed by atoms with E-state index in [1.54, 1.807) is 7.11 Å². The number of rotatable bonds is 5. The average molecular weight is 300 g/mol. The van der Waals surface area contributed by atoms with Gasteiger partial charge in [-0.15, -0.1) is 0 Å². The first-order valence-corrected chi connectivity index (χ1v) is 6.69. The van der Waals surface area contributed by atoms with Crippen molar-refractivity contribution in [2.75, 3.05) is 13.7 Å². The van der Waals surface area contributed by atoms with Crippen LogP contribution in [0.4, 0.5) is 0 Å². The molecule has 0 aromatic heterocycles. The van der Waals surface area contributed by atoms with Gasteiger partial charge < -0.3 is 15.2 Å². The first kappa shape index (κ1) is 12.7. The predicted molar refractivity (Wildman–Crippen MR) is 71.8 cm³/mol. The summed E-state index contributed by atoms with van der Waals surface area (Å²) in [5.41, 5.74) is 6.85. The summed E-state index contributed by atoms with van der Waals surface area (Å²) in [7, 11) is 1.67. The van der Waals surface area contributed by atoms with E-state index in [1.807, 2.05) is 6.07 Å². The Kier molecular flexibility index (Phi) is 3.94. The minimum atomic E-state index is 0.315. The van der Waals surface area contributed by atoms with Crippen molar-refractivity contribution in [3.8, 4) is 11.5 Å². The molecule has 1 atom stereocenters. The number of nitrogens with two attached hydrogens (primary N) is 1. The Morgan fingerprint density at radius 3 is 2.71 bits per heavy atom. The van der Waals surface area contributed by atoms with Crippen LogP contribution in [-0.2, 0) is 0 Å². The normalized spacial score (nSPS) is 16.7. The van der Waals surface area contributed by atoms with E-state index < -0.39 is 0 Å². The molecule has 94 valence electrons. The highest BCUT2D eigenvalue weighted by Crippen LogP contribution is 2.41. The molecule has 1 aliphatic carbocycles. The van der Waals surface area contributed by atoms with Crippen LogP contribution in [0.15, 0.2) is 16.6 Å². The number of hydrogen-bond donors (Lipinski definition) is 1. The molecule has 0 saturated heterocycles. The van der Waals surface area contributed by atoms with Gasteiger partial charge in [0, 0.05) is 0 Å². The summed E-state index contributed by atoms with van der Waals surface area (Å²) in [6.45, 7) is 2.72. The van der Waals surface area contributed by atoms with E-state index in [9.17, 15) is 0 Å². The van der Waals surface area contributed by atoms with Gasteiger partial charge in [-0.05, 0) is 58.9 Å². The maximum absolute atomic E-state index is 5.84. The average Bonchev–Trinajstić information content (AvgIpc) is 3.14. The van der Waals surface area contributed by atoms with Crippen molar-refractivity contribution < 1.29 is 9.47 Å². The van der Waals surface area contributed by atoms with Crippen LogP contribution < -0.4 is 15.2 Å². The lowest BCUT2D eigenvalue weighted by Crippen LogP contribution is -2.09. The highest BCUT2D eigenvalue weighted by atomic mass is 79.9. The fraction of sp³-hybridized carbons (Fsp3) is 0.538. The molecule has 17 heavy (non-hydrogen) atoms. The maximum Gasteiger partial charge on any atom is 0.175 e. The molecule has 0 amide bonds. The molecule has 1 unspecified atom stereocenters. The summed E-state index contributed by atoms with van der Waals surface area (Å²) in [5, 5.41) is 0. The quantitative estimate of drug-likeness (QED) is 0.909. The van der Waals surface area contributed by atoms with Gasteiger partial charge in [0.2, 0.25) is 0 Å². The monoisotopic (exact) mass is 299 g/mol. The van der Waals surface area contributed by atoms with Gasteiger partial charge in [-0.25, -0.2) is 0 Å². The maximum atomic E-state index is 5.84. The molecule has 1 aliphatic rings. The number of methoxy groups -OCH3 is 1. The summed E-state index contributed by atoms with van der Waals surface area (Å²) in [4.78, 5) is 0. The molecule has 0 heterocycles. The van der Waals surface area contributed by atoms with E-state index in [1.165, 1.54) is 5.56 Å². The van der Waals surface area contributed by atoms with E-state index in [2.05, 4.69) is 28.9 Å². The van der Waals surface area contributed by atoms with Crippen LogP contribution in [0.1, 0.15) is 31.2 Å². The summed E-state index contributed by atoms with van der Waals surface area (Å²) < 4.78 is 12.2. The second kappa shape index (κ2) is 5.27. The molecule has 0 bridgehead atoms. The van der Waals surface area contributed by atoms with Crippen LogP contribution in [-0.4, -0.2) is 19.8 Å². The van der Waals surface area contributed by atoms with Crippen LogP contribution in [0.5, 0.6) is 11.5 Å². The fourth-order valence-corrected chi connectivity index (χ4v) is 2.18. The Morgan fingerprint density at radius 1 is 1.47 bits per heavy atom. The molecular weight excluding hydrogens is 282 g/mol. The lowest BCUT2D eigenvalue weighted by molar-refractivity contribution is 0.280. The van der Waals surface area contributed by atoms with E-state index in [0.717, 1.165) is 28.8 Å². The molecule has 0 radical (unpaired) electrons. The zero-order valence-corrected chi connectivity index (χ0v) is 11.8. The molecule has 1 fully saturated rings. The third-order valence-electron chi connectivity index (χ3n) is 2.98. The highest BCUT2D eigenvalue weighted by molar-refractivity contribution is 9.10. The van der Waals surface area contributed by atoms with Crippen LogP contribution in [0.3, 0.4) is 0 Å². The molecule has 1 aromatic rings. The number of benzene rings is 1. The summed E-state index contributed by atoms with van der Waals surface area (Å²) >= 11 is 3.55. The molecular formula is C13H18BrNO2. The molecule has 1 aromatic carbocycles. The second-order valence-electron chi connectivity index (χ2n) is 4.49. The van der Waals surface area contributed by atoms with E-state index in [4.69, 9.17) is 15.2 Å². The zero-order valence-electron chi connectivity index (χ0n) is 10.2. The fourth-order valence-electron chi connectivity index (χ4n) is 1.63. The third-order valence-corrected chi connectivity index (χ3v) is 3.57. The van der Waals surface area contributed by atoms with Crippen molar-refractivity contribution in [2.24, 2.45) is 5.73 Å². The van der Waals surface area contributed by atoms with Crippen molar-refractivity contribution in [3.05, 3.63) is 22.2 Å². The van der Waals surface area contributed by atoms with Crippen molar-refractivity contribution >= 4 is 15.9 Å². The Morgan fingerprint density at radius 2 is 2.18 bits per heavy atom. The van der Waals surface area contributed by atoms with Crippen LogP contribution in [0.25, 0.3) is 0 Å². The van der Waals surface area contributed by atoms with Gasteiger partial charge in [0.25, 0.3) is 0 Å². The van der Waals surface area contributed by atoms with Crippen molar-refractivity contribution in [1.82, 2.24) is 0 Å².